The van der Waals surface area contributed by atoms with Gasteiger partial charge in [0, 0.05) is 12.3 Å². The highest BCUT2D eigenvalue weighted by Crippen LogP contribution is 2.44. The number of hydrogen-bond acceptors (Lipinski definition) is 2. The molecule has 2 aliphatic rings. The molecule has 2 aliphatic carbocycles. The lowest BCUT2D eigenvalue weighted by Gasteiger charge is -2.23. The van der Waals surface area contributed by atoms with E-state index in [0.29, 0.717) is 11.2 Å². The molecular formula is C17H21N3S. The molecule has 2 bridgehead atoms. The minimum absolute atomic E-state index is 0.554. The van der Waals surface area contributed by atoms with Gasteiger partial charge in [-0.2, -0.15) is 5.10 Å². The second-order valence-corrected chi connectivity index (χ2v) is 6.32. The Hall–Kier alpha value is -1.68. The molecule has 110 valence electrons. The topological polar surface area (TPSA) is 36.4 Å². The number of hydrogen-bond donors (Lipinski definition) is 2. The third kappa shape index (κ3) is 3.91. The first-order chi connectivity index (χ1) is 10.3. The number of hydrazone groups is 1. The van der Waals surface area contributed by atoms with E-state index in [1.54, 1.807) is 6.21 Å². The standard InChI is InChI=1S/C17H21N3S/c21-17(19-16-12-14-8-9-15(16)11-14)20-18-10-4-7-13-5-2-1-3-6-13/h1-7,10,14-16H,8-9,11-12H2,(H2,19,20,21). The van der Waals surface area contributed by atoms with Crippen molar-refractivity contribution in [2.75, 3.05) is 0 Å². The molecule has 0 aliphatic heterocycles. The fourth-order valence-corrected chi connectivity index (χ4v) is 3.68. The Morgan fingerprint density at radius 2 is 2.05 bits per heavy atom. The molecule has 3 atom stereocenters. The Kier molecular flexibility index (Phi) is 4.65. The summed E-state index contributed by atoms with van der Waals surface area (Å²) < 4.78 is 0. The largest absolute Gasteiger partial charge is 0.358 e. The van der Waals surface area contributed by atoms with E-state index in [4.69, 9.17) is 12.2 Å². The second kappa shape index (κ2) is 6.85. The molecule has 0 saturated heterocycles. The number of nitrogens with one attached hydrogen (secondary N) is 2. The highest BCUT2D eigenvalue weighted by atomic mass is 32.1. The first-order valence-electron chi connectivity index (χ1n) is 7.62. The van der Waals surface area contributed by atoms with E-state index < -0.39 is 0 Å². The Balaban J connectivity index is 1.39. The lowest BCUT2D eigenvalue weighted by molar-refractivity contribution is 0.389. The van der Waals surface area contributed by atoms with Crippen molar-refractivity contribution in [3.05, 3.63) is 42.0 Å². The smallest absolute Gasteiger partial charge is 0.187 e. The van der Waals surface area contributed by atoms with Crippen LogP contribution in [0.2, 0.25) is 0 Å². The monoisotopic (exact) mass is 299 g/mol. The van der Waals surface area contributed by atoms with Crippen LogP contribution in [0.15, 0.2) is 41.5 Å². The maximum Gasteiger partial charge on any atom is 0.187 e. The van der Waals surface area contributed by atoms with Crippen molar-refractivity contribution in [3.8, 4) is 0 Å². The van der Waals surface area contributed by atoms with Gasteiger partial charge in [-0.3, -0.25) is 5.43 Å². The molecule has 3 nitrogen and oxygen atoms in total. The van der Waals surface area contributed by atoms with Gasteiger partial charge in [0.05, 0.1) is 0 Å². The number of thiocarbonyl (C=S) groups is 1. The Morgan fingerprint density at radius 1 is 1.19 bits per heavy atom. The molecule has 0 heterocycles. The maximum atomic E-state index is 5.29. The molecule has 0 amide bonds. The fourth-order valence-electron chi connectivity index (χ4n) is 3.48. The van der Waals surface area contributed by atoms with Gasteiger partial charge in [0.2, 0.25) is 0 Å². The van der Waals surface area contributed by atoms with Crippen LogP contribution in [0.25, 0.3) is 6.08 Å². The van der Waals surface area contributed by atoms with Crippen LogP contribution in [0.5, 0.6) is 0 Å². The van der Waals surface area contributed by atoms with E-state index in [0.717, 1.165) is 17.4 Å². The predicted molar refractivity (Wildman–Crippen MR) is 92.1 cm³/mol. The normalized spacial score (nSPS) is 27.5. The Bertz CT molecular complexity index is 538. The molecule has 3 rings (SSSR count). The maximum absolute atomic E-state index is 5.29. The van der Waals surface area contributed by atoms with Crippen molar-refractivity contribution < 1.29 is 0 Å². The number of benzene rings is 1. The Labute approximate surface area is 131 Å². The van der Waals surface area contributed by atoms with Gasteiger partial charge in [-0.15, -0.1) is 0 Å². The minimum Gasteiger partial charge on any atom is -0.358 e. The summed E-state index contributed by atoms with van der Waals surface area (Å²) in [5.41, 5.74) is 4.05. The van der Waals surface area contributed by atoms with Crippen molar-refractivity contribution >= 4 is 29.6 Å². The first kappa shape index (κ1) is 14.3. The summed E-state index contributed by atoms with van der Waals surface area (Å²) in [6.07, 6.45) is 11.1. The molecule has 21 heavy (non-hydrogen) atoms. The molecule has 2 fully saturated rings. The van der Waals surface area contributed by atoms with Gasteiger partial charge in [-0.05, 0) is 55.0 Å². The van der Waals surface area contributed by atoms with E-state index in [2.05, 4.69) is 28.0 Å². The predicted octanol–water partition coefficient (Wildman–Crippen LogP) is 3.34. The van der Waals surface area contributed by atoms with Crippen LogP contribution in [-0.4, -0.2) is 17.4 Å². The van der Waals surface area contributed by atoms with Crippen molar-refractivity contribution in [2.45, 2.75) is 31.7 Å². The average Bonchev–Trinajstić information content (AvgIpc) is 3.10. The van der Waals surface area contributed by atoms with Gasteiger partial charge in [0.1, 0.15) is 0 Å². The van der Waals surface area contributed by atoms with Crippen LogP contribution >= 0.6 is 12.2 Å². The molecular weight excluding hydrogens is 278 g/mol. The molecule has 0 aromatic heterocycles. The molecule has 0 spiro atoms. The van der Waals surface area contributed by atoms with Gasteiger partial charge in [0.25, 0.3) is 0 Å². The summed E-state index contributed by atoms with van der Waals surface area (Å²) >= 11 is 5.29. The molecule has 4 heteroatoms. The first-order valence-corrected chi connectivity index (χ1v) is 8.03. The van der Waals surface area contributed by atoms with Crippen LogP contribution in [0.3, 0.4) is 0 Å². The molecule has 1 aromatic rings. The molecule has 2 saturated carbocycles. The summed E-state index contributed by atoms with van der Waals surface area (Å²) in [6, 6.07) is 10.7. The lowest BCUT2D eigenvalue weighted by atomic mass is 9.96. The van der Waals surface area contributed by atoms with E-state index >= 15 is 0 Å². The van der Waals surface area contributed by atoms with E-state index in [-0.39, 0.29) is 0 Å². The van der Waals surface area contributed by atoms with Gasteiger partial charge >= 0.3 is 0 Å². The zero-order chi connectivity index (χ0) is 14.5. The van der Waals surface area contributed by atoms with E-state index in [1.165, 1.54) is 25.7 Å². The number of nitrogens with zero attached hydrogens (tertiary/aromatic N) is 1. The van der Waals surface area contributed by atoms with E-state index in [1.807, 2.05) is 30.4 Å². The summed E-state index contributed by atoms with van der Waals surface area (Å²) in [5, 5.41) is 8.16. The average molecular weight is 299 g/mol. The van der Waals surface area contributed by atoms with Gasteiger partial charge in [0.15, 0.2) is 5.11 Å². The summed E-state index contributed by atoms with van der Waals surface area (Å²) in [4.78, 5) is 0. The fraction of sp³-hybridized carbons (Fsp3) is 0.412. The number of rotatable bonds is 4. The van der Waals surface area contributed by atoms with Crippen LogP contribution in [0.4, 0.5) is 0 Å². The quantitative estimate of drug-likeness (QED) is 0.508. The van der Waals surface area contributed by atoms with Crippen LogP contribution in [0.1, 0.15) is 31.2 Å². The SMILES string of the molecule is S=C(NN=CC=Cc1ccccc1)NC1CC2CCC1C2. The van der Waals surface area contributed by atoms with Gasteiger partial charge in [-0.25, -0.2) is 0 Å². The van der Waals surface area contributed by atoms with Crippen molar-refractivity contribution in [3.63, 3.8) is 0 Å². The van der Waals surface area contributed by atoms with Crippen LogP contribution in [-0.2, 0) is 0 Å². The Morgan fingerprint density at radius 3 is 2.76 bits per heavy atom. The van der Waals surface area contributed by atoms with Crippen LogP contribution in [0, 0.1) is 11.8 Å². The molecule has 2 N–H and O–H groups in total. The highest BCUT2D eigenvalue weighted by molar-refractivity contribution is 7.80. The number of fused-ring (bicyclic) bond motifs is 2. The van der Waals surface area contributed by atoms with Gasteiger partial charge < -0.3 is 5.32 Å². The van der Waals surface area contributed by atoms with Crippen molar-refractivity contribution in [1.82, 2.24) is 10.7 Å². The summed E-state index contributed by atoms with van der Waals surface area (Å²) in [5.74, 6) is 1.74. The molecule has 0 radical (unpaired) electrons. The van der Waals surface area contributed by atoms with Crippen LogP contribution < -0.4 is 10.7 Å². The van der Waals surface area contributed by atoms with E-state index in [9.17, 15) is 0 Å². The zero-order valence-corrected chi connectivity index (χ0v) is 12.9. The summed E-state index contributed by atoms with van der Waals surface area (Å²) in [6.45, 7) is 0. The molecule has 1 aromatic carbocycles. The third-order valence-corrected chi connectivity index (χ3v) is 4.68. The van der Waals surface area contributed by atoms with Gasteiger partial charge in [-0.1, -0.05) is 42.8 Å². The minimum atomic E-state index is 0.554. The summed E-state index contributed by atoms with van der Waals surface area (Å²) in [7, 11) is 0. The molecule has 3 unspecified atom stereocenters. The van der Waals surface area contributed by atoms with Crippen molar-refractivity contribution in [2.24, 2.45) is 16.9 Å². The third-order valence-electron chi connectivity index (χ3n) is 4.47. The van der Waals surface area contributed by atoms with Crippen molar-refractivity contribution in [1.29, 1.82) is 0 Å². The number of allylic oxidation sites excluding steroid dienone is 1. The highest BCUT2D eigenvalue weighted by Gasteiger charge is 2.39. The lowest BCUT2D eigenvalue weighted by Crippen LogP contribution is -2.42. The second-order valence-electron chi connectivity index (χ2n) is 5.91. The zero-order valence-electron chi connectivity index (χ0n) is 12.0.